The van der Waals surface area contributed by atoms with E-state index in [1.807, 2.05) is 0 Å². The number of hydrogen-bond donors (Lipinski definition) is 2. The monoisotopic (exact) mass is 233 g/mol. The summed E-state index contributed by atoms with van der Waals surface area (Å²) < 4.78 is 0. The molecule has 17 heavy (non-hydrogen) atoms. The van der Waals surface area contributed by atoms with Crippen LogP contribution in [0.5, 0.6) is 0 Å². The standard InChI is InChI=1S/C12H15N3O2/c16-11-10(2-1-3-14-11)12(17)15-6-8-4-13-5-9(8)7-15/h1-3,8-9,13H,4-7H2,(H,14,16). The zero-order valence-corrected chi connectivity index (χ0v) is 9.48. The van der Waals surface area contributed by atoms with Gasteiger partial charge in [0.15, 0.2) is 0 Å². The van der Waals surface area contributed by atoms with Crippen LogP contribution >= 0.6 is 0 Å². The molecular formula is C12H15N3O2. The van der Waals surface area contributed by atoms with Crippen LogP contribution in [0.4, 0.5) is 0 Å². The lowest BCUT2D eigenvalue weighted by atomic mass is 10.0. The van der Waals surface area contributed by atoms with Gasteiger partial charge in [0.1, 0.15) is 5.56 Å². The van der Waals surface area contributed by atoms with Crippen molar-refractivity contribution in [3.63, 3.8) is 0 Å². The van der Waals surface area contributed by atoms with Crippen LogP contribution in [-0.4, -0.2) is 42.0 Å². The molecule has 0 spiro atoms. The van der Waals surface area contributed by atoms with Crippen LogP contribution in [0.25, 0.3) is 0 Å². The number of hydrogen-bond acceptors (Lipinski definition) is 3. The van der Waals surface area contributed by atoms with E-state index in [4.69, 9.17) is 0 Å². The SMILES string of the molecule is O=C(c1ccc[nH]c1=O)N1CC2CNCC2C1. The number of nitrogens with one attached hydrogen (secondary N) is 2. The van der Waals surface area contributed by atoms with Crippen LogP contribution in [0.2, 0.25) is 0 Å². The van der Waals surface area contributed by atoms with Crippen LogP contribution in [0.15, 0.2) is 23.1 Å². The van der Waals surface area contributed by atoms with Crippen molar-refractivity contribution in [2.45, 2.75) is 0 Å². The number of rotatable bonds is 1. The first-order valence-corrected chi connectivity index (χ1v) is 5.93. The van der Waals surface area contributed by atoms with E-state index in [1.165, 1.54) is 0 Å². The van der Waals surface area contributed by atoms with Gasteiger partial charge in [0.25, 0.3) is 11.5 Å². The summed E-state index contributed by atoms with van der Waals surface area (Å²) in [7, 11) is 0. The van der Waals surface area contributed by atoms with Crippen molar-refractivity contribution >= 4 is 5.91 Å². The summed E-state index contributed by atoms with van der Waals surface area (Å²) in [5, 5.41) is 3.33. The lowest BCUT2D eigenvalue weighted by molar-refractivity contribution is 0.0780. The Labute approximate surface area is 98.8 Å². The van der Waals surface area contributed by atoms with E-state index in [9.17, 15) is 9.59 Å². The van der Waals surface area contributed by atoms with Gasteiger partial charge in [0.2, 0.25) is 0 Å². The van der Waals surface area contributed by atoms with E-state index in [-0.39, 0.29) is 17.0 Å². The van der Waals surface area contributed by atoms with Gasteiger partial charge in [0, 0.05) is 32.4 Å². The van der Waals surface area contributed by atoms with Crippen molar-refractivity contribution in [1.82, 2.24) is 15.2 Å². The molecule has 1 aromatic heterocycles. The molecule has 5 heteroatoms. The maximum absolute atomic E-state index is 12.2. The molecule has 0 saturated carbocycles. The molecule has 0 aliphatic carbocycles. The lowest BCUT2D eigenvalue weighted by Gasteiger charge is -2.16. The van der Waals surface area contributed by atoms with E-state index < -0.39 is 0 Å². The second kappa shape index (κ2) is 4.00. The first-order valence-electron chi connectivity index (χ1n) is 5.93. The zero-order valence-electron chi connectivity index (χ0n) is 9.48. The number of aromatic amines is 1. The van der Waals surface area contributed by atoms with Gasteiger partial charge in [-0.3, -0.25) is 9.59 Å². The summed E-state index contributed by atoms with van der Waals surface area (Å²) in [6, 6.07) is 3.28. The summed E-state index contributed by atoms with van der Waals surface area (Å²) in [5.41, 5.74) is -0.0480. The molecule has 3 rings (SSSR count). The smallest absolute Gasteiger partial charge is 0.260 e. The highest BCUT2D eigenvalue weighted by molar-refractivity contribution is 5.94. The van der Waals surface area contributed by atoms with Gasteiger partial charge in [-0.2, -0.15) is 0 Å². The van der Waals surface area contributed by atoms with Crippen molar-refractivity contribution in [1.29, 1.82) is 0 Å². The Morgan fingerprint density at radius 2 is 2.00 bits per heavy atom. The maximum atomic E-state index is 12.2. The molecule has 2 aliphatic heterocycles. The number of pyridine rings is 1. The maximum Gasteiger partial charge on any atom is 0.260 e. The molecule has 2 N–H and O–H groups in total. The van der Waals surface area contributed by atoms with Crippen molar-refractivity contribution in [3.8, 4) is 0 Å². The third-order valence-corrected chi connectivity index (χ3v) is 3.73. The minimum atomic E-state index is -0.298. The van der Waals surface area contributed by atoms with Gasteiger partial charge in [-0.05, 0) is 24.0 Å². The van der Waals surface area contributed by atoms with Gasteiger partial charge >= 0.3 is 0 Å². The van der Waals surface area contributed by atoms with E-state index in [2.05, 4.69) is 10.3 Å². The molecule has 2 unspecified atom stereocenters. The zero-order chi connectivity index (χ0) is 11.8. The largest absolute Gasteiger partial charge is 0.338 e. The predicted octanol–water partition coefficient (Wildman–Crippen LogP) is -0.334. The highest BCUT2D eigenvalue weighted by atomic mass is 16.2. The van der Waals surface area contributed by atoms with Crippen LogP contribution in [0, 0.1) is 11.8 Å². The minimum Gasteiger partial charge on any atom is -0.338 e. The normalized spacial score (nSPS) is 27.2. The van der Waals surface area contributed by atoms with E-state index in [0.29, 0.717) is 11.8 Å². The third-order valence-electron chi connectivity index (χ3n) is 3.73. The van der Waals surface area contributed by atoms with Gasteiger partial charge in [0.05, 0.1) is 0 Å². The fourth-order valence-corrected chi connectivity index (χ4v) is 2.78. The van der Waals surface area contributed by atoms with Crippen LogP contribution < -0.4 is 10.9 Å². The molecule has 2 aliphatic rings. The number of aromatic nitrogens is 1. The molecule has 2 atom stereocenters. The van der Waals surface area contributed by atoms with Gasteiger partial charge in [-0.15, -0.1) is 0 Å². The van der Waals surface area contributed by atoms with Gasteiger partial charge in [-0.1, -0.05) is 0 Å². The summed E-state index contributed by atoms with van der Waals surface area (Å²) in [6.45, 7) is 3.51. The molecule has 90 valence electrons. The second-order valence-corrected chi connectivity index (χ2v) is 4.80. The van der Waals surface area contributed by atoms with Crippen molar-refractivity contribution < 1.29 is 4.79 Å². The molecule has 0 radical (unpaired) electrons. The summed E-state index contributed by atoms with van der Waals surface area (Å²) in [5.74, 6) is 0.977. The Bertz CT molecular complexity index is 485. The molecular weight excluding hydrogens is 218 g/mol. The number of amides is 1. The Morgan fingerprint density at radius 3 is 2.65 bits per heavy atom. The van der Waals surface area contributed by atoms with Crippen molar-refractivity contribution in [3.05, 3.63) is 34.2 Å². The average molecular weight is 233 g/mol. The summed E-state index contributed by atoms with van der Waals surface area (Å²) in [6.07, 6.45) is 1.54. The Morgan fingerprint density at radius 1 is 1.29 bits per heavy atom. The molecule has 1 aromatic rings. The Balaban J connectivity index is 1.80. The molecule has 1 amide bonds. The number of likely N-dealkylation sites (tertiary alicyclic amines) is 1. The van der Waals surface area contributed by atoms with Gasteiger partial charge < -0.3 is 15.2 Å². The highest BCUT2D eigenvalue weighted by Gasteiger charge is 2.38. The van der Waals surface area contributed by atoms with Crippen LogP contribution in [0.3, 0.4) is 0 Å². The molecule has 0 bridgehead atoms. The molecule has 2 saturated heterocycles. The second-order valence-electron chi connectivity index (χ2n) is 4.80. The topological polar surface area (TPSA) is 65.2 Å². The number of carbonyl (C=O) groups is 1. The fourth-order valence-electron chi connectivity index (χ4n) is 2.78. The minimum absolute atomic E-state index is 0.138. The first-order chi connectivity index (χ1) is 8.25. The lowest BCUT2D eigenvalue weighted by Crippen LogP contribution is -2.35. The number of H-pyrrole nitrogens is 1. The molecule has 2 fully saturated rings. The van der Waals surface area contributed by atoms with Crippen molar-refractivity contribution in [2.75, 3.05) is 26.2 Å². The van der Waals surface area contributed by atoms with Crippen LogP contribution in [-0.2, 0) is 0 Å². The highest BCUT2D eigenvalue weighted by Crippen LogP contribution is 2.26. The van der Waals surface area contributed by atoms with Gasteiger partial charge in [-0.25, -0.2) is 0 Å². The molecule has 0 aromatic carbocycles. The number of nitrogens with zero attached hydrogens (tertiary/aromatic N) is 1. The number of carbonyl (C=O) groups excluding carboxylic acids is 1. The van der Waals surface area contributed by atoms with E-state index in [1.54, 1.807) is 23.2 Å². The number of fused-ring (bicyclic) bond motifs is 1. The summed E-state index contributed by atoms with van der Waals surface area (Å²) >= 11 is 0. The molecule has 3 heterocycles. The van der Waals surface area contributed by atoms with Crippen LogP contribution in [0.1, 0.15) is 10.4 Å². The van der Waals surface area contributed by atoms with E-state index >= 15 is 0 Å². The molecule has 5 nitrogen and oxygen atoms in total. The van der Waals surface area contributed by atoms with Crippen molar-refractivity contribution in [2.24, 2.45) is 11.8 Å². The third kappa shape index (κ3) is 1.76. The Hall–Kier alpha value is -1.62. The van der Waals surface area contributed by atoms with E-state index in [0.717, 1.165) is 26.2 Å². The average Bonchev–Trinajstić information content (AvgIpc) is 2.88. The predicted molar refractivity (Wildman–Crippen MR) is 62.8 cm³/mol. The first kappa shape index (κ1) is 10.5. The quantitative estimate of drug-likeness (QED) is 0.698. The Kier molecular flexibility index (Phi) is 2.48. The fraction of sp³-hybridized carbons (Fsp3) is 0.500. The summed E-state index contributed by atoms with van der Waals surface area (Å²) in [4.78, 5) is 28.1.